The Morgan fingerprint density at radius 3 is 2.07 bits per heavy atom. The summed E-state index contributed by atoms with van der Waals surface area (Å²) in [5.41, 5.74) is 0.102. The molecule has 0 aliphatic heterocycles. The zero-order chi connectivity index (χ0) is 32.2. The highest BCUT2D eigenvalue weighted by molar-refractivity contribution is 7.92. The second-order valence-corrected chi connectivity index (χ2v) is 13.7. The molecule has 1 N–H and O–H groups in total. The topological polar surface area (TPSA) is 86.8 Å². The molecular formula is C31H35ClF3N3O4S. The van der Waals surface area contributed by atoms with Crippen LogP contribution in [0.15, 0.2) is 72.8 Å². The first kappa shape index (κ1) is 33.9. The Morgan fingerprint density at radius 2 is 1.53 bits per heavy atom. The highest BCUT2D eigenvalue weighted by Crippen LogP contribution is 2.36. The van der Waals surface area contributed by atoms with E-state index >= 15 is 0 Å². The summed E-state index contributed by atoms with van der Waals surface area (Å²) in [7, 11) is -4.31. The fourth-order valence-corrected chi connectivity index (χ4v) is 5.49. The largest absolute Gasteiger partial charge is 0.416 e. The van der Waals surface area contributed by atoms with E-state index in [-0.39, 0.29) is 18.0 Å². The summed E-state index contributed by atoms with van der Waals surface area (Å²) in [6.45, 7) is 6.30. The summed E-state index contributed by atoms with van der Waals surface area (Å²) < 4.78 is 67.0. The SMILES string of the molecule is Cc1ccc(CN(C(=O)CN(c2cc(C(F)(F)F)ccc2Cl)S(C)(=O)=O)C(Cc2ccccc2)C(=O)NC(C)(C)C)cc1. The summed E-state index contributed by atoms with van der Waals surface area (Å²) in [5.74, 6) is -1.27. The third-order valence-electron chi connectivity index (χ3n) is 6.46. The Labute approximate surface area is 255 Å². The summed E-state index contributed by atoms with van der Waals surface area (Å²) in [4.78, 5) is 29.1. The predicted molar refractivity (Wildman–Crippen MR) is 162 cm³/mol. The first-order chi connectivity index (χ1) is 19.8. The Hall–Kier alpha value is -3.57. The number of benzene rings is 3. The molecular weight excluding hydrogens is 603 g/mol. The maximum absolute atomic E-state index is 14.1. The van der Waals surface area contributed by atoms with E-state index in [1.807, 2.05) is 25.1 Å². The number of halogens is 4. The maximum atomic E-state index is 14.1. The van der Waals surface area contributed by atoms with Crippen molar-refractivity contribution in [3.8, 4) is 0 Å². The van der Waals surface area contributed by atoms with Crippen LogP contribution in [0.4, 0.5) is 18.9 Å². The number of alkyl halides is 3. The van der Waals surface area contributed by atoms with Crippen LogP contribution < -0.4 is 9.62 Å². The zero-order valence-electron chi connectivity index (χ0n) is 24.6. The van der Waals surface area contributed by atoms with Crippen molar-refractivity contribution in [3.05, 3.63) is 100 Å². The summed E-state index contributed by atoms with van der Waals surface area (Å²) in [6, 6.07) is 17.4. The third kappa shape index (κ3) is 9.72. The fourth-order valence-electron chi connectivity index (χ4n) is 4.37. The Bertz CT molecular complexity index is 1540. The first-order valence-corrected chi connectivity index (χ1v) is 15.6. The van der Waals surface area contributed by atoms with E-state index in [4.69, 9.17) is 11.6 Å². The van der Waals surface area contributed by atoms with Crippen LogP contribution in [0, 0.1) is 6.92 Å². The van der Waals surface area contributed by atoms with Crippen LogP contribution in [0.25, 0.3) is 0 Å². The van der Waals surface area contributed by atoms with Crippen molar-refractivity contribution in [2.45, 2.75) is 58.4 Å². The molecule has 0 radical (unpaired) electrons. The summed E-state index contributed by atoms with van der Waals surface area (Å²) >= 11 is 6.19. The minimum Gasteiger partial charge on any atom is -0.350 e. The van der Waals surface area contributed by atoms with E-state index in [0.717, 1.165) is 29.5 Å². The van der Waals surface area contributed by atoms with E-state index in [1.165, 1.54) is 4.90 Å². The van der Waals surface area contributed by atoms with Crippen LogP contribution >= 0.6 is 11.6 Å². The number of anilines is 1. The molecule has 0 aliphatic carbocycles. The van der Waals surface area contributed by atoms with Crippen molar-refractivity contribution in [2.24, 2.45) is 0 Å². The quantitative estimate of drug-likeness (QED) is 0.296. The van der Waals surface area contributed by atoms with Crippen LogP contribution in [-0.4, -0.2) is 49.5 Å². The summed E-state index contributed by atoms with van der Waals surface area (Å²) in [6.07, 6.45) is -3.91. The minimum absolute atomic E-state index is 0.0674. The van der Waals surface area contributed by atoms with Crippen molar-refractivity contribution in [2.75, 3.05) is 17.1 Å². The van der Waals surface area contributed by atoms with Gasteiger partial charge < -0.3 is 10.2 Å². The maximum Gasteiger partial charge on any atom is 0.416 e. The van der Waals surface area contributed by atoms with Crippen LogP contribution in [0.2, 0.25) is 5.02 Å². The van der Waals surface area contributed by atoms with Gasteiger partial charge in [-0.1, -0.05) is 71.8 Å². The minimum atomic E-state index is -4.78. The van der Waals surface area contributed by atoms with Gasteiger partial charge >= 0.3 is 6.18 Å². The lowest BCUT2D eigenvalue weighted by molar-refractivity contribution is -0.140. The smallest absolute Gasteiger partial charge is 0.350 e. The molecule has 0 saturated carbocycles. The molecule has 3 aromatic carbocycles. The van der Waals surface area contributed by atoms with Gasteiger partial charge in [0.15, 0.2) is 0 Å². The lowest BCUT2D eigenvalue weighted by Crippen LogP contribution is -2.56. The standard InChI is InChI=1S/C31H35ClF3N3O4S/c1-21-11-13-23(14-12-21)19-37(27(29(40)36-30(2,3)4)17-22-9-7-6-8-10-22)28(39)20-38(43(5,41)42)26-18-24(31(33,34)35)15-16-25(26)32/h6-16,18,27H,17,19-20H2,1-5H3,(H,36,40). The van der Waals surface area contributed by atoms with Crippen molar-refractivity contribution in [3.63, 3.8) is 0 Å². The molecule has 0 bridgehead atoms. The lowest BCUT2D eigenvalue weighted by Gasteiger charge is -2.35. The lowest BCUT2D eigenvalue weighted by atomic mass is 10.0. The molecule has 12 heteroatoms. The van der Waals surface area contributed by atoms with Gasteiger partial charge in [0, 0.05) is 18.5 Å². The van der Waals surface area contributed by atoms with Gasteiger partial charge in [0.2, 0.25) is 21.8 Å². The number of aryl methyl sites for hydroxylation is 1. The highest BCUT2D eigenvalue weighted by Gasteiger charge is 2.36. The molecule has 0 aliphatic rings. The monoisotopic (exact) mass is 637 g/mol. The number of nitrogens with zero attached hydrogens (tertiary/aromatic N) is 2. The number of carbonyl (C=O) groups excluding carboxylic acids is 2. The van der Waals surface area contributed by atoms with Gasteiger partial charge in [-0.3, -0.25) is 13.9 Å². The molecule has 1 unspecified atom stereocenters. The second-order valence-electron chi connectivity index (χ2n) is 11.4. The van der Waals surface area contributed by atoms with Crippen LogP contribution in [0.1, 0.15) is 43.0 Å². The first-order valence-electron chi connectivity index (χ1n) is 13.4. The fraction of sp³-hybridized carbons (Fsp3) is 0.355. The van der Waals surface area contributed by atoms with E-state index in [0.29, 0.717) is 15.9 Å². The van der Waals surface area contributed by atoms with E-state index in [1.54, 1.807) is 57.2 Å². The molecule has 7 nitrogen and oxygen atoms in total. The van der Waals surface area contributed by atoms with Crippen molar-refractivity contribution >= 4 is 39.1 Å². The normalized spacial score (nSPS) is 12.9. The molecule has 0 saturated heterocycles. The number of hydrogen-bond acceptors (Lipinski definition) is 4. The Morgan fingerprint density at radius 1 is 0.930 bits per heavy atom. The molecule has 1 atom stereocenters. The van der Waals surface area contributed by atoms with E-state index in [9.17, 15) is 31.2 Å². The highest BCUT2D eigenvalue weighted by atomic mass is 35.5. The summed E-state index contributed by atoms with van der Waals surface area (Å²) in [5, 5.41) is 2.62. The molecule has 0 spiro atoms. The van der Waals surface area contributed by atoms with Crippen molar-refractivity contribution in [1.82, 2.24) is 10.2 Å². The Kier molecular flexibility index (Phi) is 10.6. The van der Waals surface area contributed by atoms with Gasteiger partial charge in [0.25, 0.3) is 0 Å². The molecule has 0 heterocycles. The average molecular weight is 638 g/mol. The molecule has 0 aromatic heterocycles. The van der Waals surface area contributed by atoms with Crippen LogP contribution in [0.5, 0.6) is 0 Å². The average Bonchev–Trinajstić information content (AvgIpc) is 2.89. The predicted octanol–water partition coefficient (Wildman–Crippen LogP) is 5.99. The number of hydrogen-bond donors (Lipinski definition) is 1. The van der Waals surface area contributed by atoms with Gasteiger partial charge in [-0.25, -0.2) is 8.42 Å². The number of rotatable bonds is 10. The molecule has 2 amide bonds. The number of amides is 2. The number of nitrogens with one attached hydrogen (secondary N) is 1. The van der Waals surface area contributed by atoms with E-state index < -0.39 is 57.4 Å². The van der Waals surface area contributed by atoms with Crippen molar-refractivity contribution in [1.29, 1.82) is 0 Å². The zero-order valence-corrected chi connectivity index (χ0v) is 26.1. The number of sulfonamides is 1. The van der Waals surface area contributed by atoms with Crippen molar-refractivity contribution < 1.29 is 31.2 Å². The third-order valence-corrected chi connectivity index (χ3v) is 7.91. The van der Waals surface area contributed by atoms with Gasteiger partial charge in [-0.05, 0) is 57.0 Å². The number of carbonyl (C=O) groups is 2. The molecule has 0 fully saturated rings. The van der Waals surface area contributed by atoms with Crippen LogP contribution in [0.3, 0.4) is 0 Å². The van der Waals surface area contributed by atoms with Gasteiger partial charge in [-0.2, -0.15) is 13.2 Å². The van der Waals surface area contributed by atoms with Gasteiger partial charge in [-0.15, -0.1) is 0 Å². The van der Waals surface area contributed by atoms with Crippen LogP contribution in [-0.2, 0) is 38.8 Å². The molecule has 232 valence electrons. The molecule has 3 rings (SSSR count). The molecule has 3 aromatic rings. The van der Waals surface area contributed by atoms with Gasteiger partial charge in [0.05, 0.1) is 22.5 Å². The second kappa shape index (κ2) is 13.4. The Balaban J connectivity index is 2.13. The van der Waals surface area contributed by atoms with Gasteiger partial charge in [0.1, 0.15) is 12.6 Å². The van der Waals surface area contributed by atoms with E-state index in [2.05, 4.69) is 5.32 Å². The molecule has 43 heavy (non-hydrogen) atoms.